The Balaban J connectivity index is 2.37. The lowest BCUT2D eigenvalue weighted by Crippen LogP contribution is -2.37. The second-order valence-electron chi connectivity index (χ2n) is 3.94. The minimum atomic E-state index is -0.773. The van der Waals surface area contributed by atoms with Crippen LogP contribution in [0.2, 0.25) is 0 Å². The molecule has 92 valence electrons. The number of thiocarbonyl (C=S) groups is 1. The zero-order valence-corrected chi connectivity index (χ0v) is 11.4. The summed E-state index contributed by atoms with van der Waals surface area (Å²) >= 11 is 9.79. The molecule has 18 heavy (non-hydrogen) atoms. The highest BCUT2D eigenvalue weighted by atomic mass is 32.1. The van der Waals surface area contributed by atoms with Crippen LogP contribution in [0, 0.1) is 0 Å². The molecule has 2 aromatic heterocycles. The van der Waals surface area contributed by atoms with E-state index in [1.165, 1.54) is 0 Å². The number of thiol groups is 1. The molecule has 0 aliphatic carbocycles. The molecule has 2 aromatic rings. The molecule has 5 heteroatoms. The van der Waals surface area contributed by atoms with E-state index in [-0.39, 0.29) is 0 Å². The molecule has 3 nitrogen and oxygen atoms in total. The Bertz CT molecular complexity index is 530. The highest BCUT2D eigenvalue weighted by Gasteiger charge is 2.33. The second-order valence-corrected chi connectivity index (χ2v) is 5.14. The predicted octanol–water partition coefficient (Wildman–Crippen LogP) is 2.13. The van der Waals surface area contributed by atoms with Crippen LogP contribution in [0.4, 0.5) is 0 Å². The van der Waals surface area contributed by atoms with Gasteiger partial charge in [0, 0.05) is 24.5 Å². The first-order valence-electron chi connectivity index (χ1n) is 5.46. The van der Waals surface area contributed by atoms with Crippen LogP contribution >= 0.6 is 24.8 Å². The molecule has 2 rings (SSSR count). The van der Waals surface area contributed by atoms with Crippen molar-refractivity contribution in [3.05, 3.63) is 60.2 Å². The lowest BCUT2D eigenvalue weighted by Gasteiger charge is -2.26. The molecule has 2 N–H and O–H groups in total. The normalized spacial score (nSPS) is 13.8. The molecular formula is C13H13N3S2. The Hall–Kier alpha value is -1.46. The Morgan fingerprint density at radius 2 is 1.83 bits per heavy atom. The van der Waals surface area contributed by atoms with Crippen LogP contribution in [0.3, 0.4) is 0 Å². The van der Waals surface area contributed by atoms with E-state index < -0.39 is 4.75 Å². The molecule has 0 aliphatic rings. The van der Waals surface area contributed by atoms with Gasteiger partial charge in [-0.2, -0.15) is 12.6 Å². The second kappa shape index (κ2) is 5.46. The van der Waals surface area contributed by atoms with E-state index in [0.29, 0.717) is 11.4 Å². The Morgan fingerprint density at radius 3 is 2.33 bits per heavy atom. The molecule has 1 unspecified atom stereocenters. The van der Waals surface area contributed by atoms with Gasteiger partial charge in [0.15, 0.2) is 0 Å². The van der Waals surface area contributed by atoms with Crippen molar-refractivity contribution in [2.45, 2.75) is 11.2 Å². The first-order chi connectivity index (χ1) is 8.63. The van der Waals surface area contributed by atoms with Gasteiger partial charge in [0.05, 0.1) is 10.7 Å². The summed E-state index contributed by atoms with van der Waals surface area (Å²) in [7, 11) is 0. The summed E-state index contributed by atoms with van der Waals surface area (Å²) < 4.78 is -0.773. The van der Waals surface area contributed by atoms with E-state index in [1.54, 1.807) is 12.4 Å². The highest BCUT2D eigenvalue weighted by molar-refractivity contribution is 7.87. The van der Waals surface area contributed by atoms with Crippen molar-refractivity contribution in [3.8, 4) is 0 Å². The maximum atomic E-state index is 5.84. The van der Waals surface area contributed by atoms with Crippen LogP contribution in [-0.2, 0) is 11.2 Å². The zero-order valence-electron chi connectivity index (χ0n) is 9.65. The van der Waals surface area contributed by atoms with Gasteiger partial charge in [-0.15, -0.1) is 0 Å². The lowest BCUT2D eigenvalue weighted by molar-refractivity contribution is 0.764. The van der Waals surface area contributed by atoms with Crippen molar-refractivity contribution in [3.63, 3.8) is 0 Å². The first-order valence-corrected chi connectivity index (χ1v) is 6.32. The number of hydrogen-bond acceptors (Lipinski definition) is 4. The van der Waals surface area contributed by atoms with Crippen molar-refractivity contribution in [1.82, 2.24) is 9.97 Å². The number of hydrogen-bond donors (Lipinski definition) is 2. The fourth-order valence-corrected chi connectivity index (χ4v) is 2.15. The number of aromatic nitrogens is 2. The molecule has 2 heterocycles. The third-order valence-electron chi connectivity index (χ3n) is 2.66. The molecule has 0 saturated heterocycles. The van der Waals surface area contributed by atoms with Gasteiger partial charge in [-0.25, -0.2) is 0 Å². The van der Waals surface area contributed by atoms with Crippen LogP contribution in [0.15, 0.2) is 48.8 Å². The van der Waals surface area contributed by atoms with Gasteiger partial charge >= 0.3 is 0 Å². The molecule has 0 fully saturated rings. The molecule has 0 amide bonds. The standard InChI is InChI=1S/C13H13N3S2/c14-12(17)13(18,11-6-2-4-8-16-11)9-10-5-1-3-7-15-10/h1-8,18H,9H2,(H2,14,17). The summed E-state index contributed by atoms with van der Waals surface area (Å²) in [6, 6.07) is 11.3. The van der Waals surface area contributed by atoms with Gasteiger partial charge in [-0.1, -0.05) is 24.4 Å². The zero-order chi connectivity index (χ0) is 13.0. The number of rotatable bonds is 4. The van der Waals surface area contributed by atoms with Gasteiger partial charge in [0.1, 0.15) is 4.75 Å². The molecule has 0 spiro atoms. The van der Waals surface area contributed by atoms with Gasteiger partial charge in [0.25, 0.3) is 0 Å². The topological polar surface area (TPSA) is 51.8 Å². The van der Waals surface area contributed by atoms with Crippen molar-refractivity contribution < 1.29 is 0 Å². The summed E-state index contributed by atoms with van der Waals surface area (Å²) in [6.07, 6.45) is 3.96. The van der Waals surface area contributed by atoms with Crippen LogP contribution in [0.1, 0.15) is 11.4 Å². The Kier molecular flexibility index (Phi) is 3.93. The SMILES string of the molecule is NC(=S)C(S)(Cc1ccccn1)c1ccccn1. The molecular weight excluding hydrogens is 262 g/mol. The summed E-state index contributed by atoms with van der Waals surface area (Å²) in [5.74, 6) is 0. The van der Waals surface area contributed by atoms with E-state index in [1.807, 2.05) is 36.4 Å². The average molecular weight is 275 g/mol. The summed E-state index contributed by atoms with van der Waals surface area (Å²) in [5.41, 5.74) is 7.46. The van der Waals surface area contributed by atoms with Crippen LogP contribution < -0.4 is 5.73 Å². The third kappa shape index (κ3) is 2.68. The third-order valence-corrected chi connectivity index (χ3v) is 3.79. The number of nitrogens with two attached hydrogens (primary N) is 1. The van der Waals surface area contributed by atoms with Gasteiger partial charge < -0.3 is 5.73 Å². The van der Waals surface area contributed by atoms with E-state index in [4.69, 9.17) is 18.0 Å². The van der Waals surface area contributed by atoms with E-state index in [2.05, 4.69) is 22.6 Å². The Morgan fingerprint density at radius 1 is 1.17 bits per heavy atom. The largest absolute Gasteiger partial charge is 0.392 e. The molecule has 0 saturated carbocycles. The van der Waals surface area contributed by atoms with Crippen LogP contribution in [-0.4, -0.2) is 15.0 Å². The van der Waals surface area contributed by atoms with Crippen molar-refractivity contribution >= 4 is 29.8 Å². The number of pyridine rings is 2. The van der Waals surface area contributed by atoms with E-state index in [9.17, 15) is 0 Å². The predicted molar refractivity (Wildman–Crippen MR) is 79.6 cm³/mol. The van der Waals surface area contributed by atoms with Crippen molar-refractivity contribution in [1.29, 1.82) is 0 Å². The molecule has 1 atom stereocenters. The monoisotopic (exact) mass is 275 g/mol. The summed E-state index contributed by atoms with van der Waals surface area (Å²) in [5, 5.41) is 0. The van der Waals surface area contributed by atoms with E-state index in [0.717, 1.165) is 11.4 Å². The fraction of sp³-hybridized carbons (Fsp3) is 0.154. The smallest absolute Gasteiger partial charge is 0.110 e. The fourth-order valence-electron chi connectivity index (χ4n) is 1.68. The number of nitrogens with zero attached hydrogens (tertiary/aromatic N) is 2. The minimum absolute atomic E-state index is 0.301. The summed E-state index contributed by atoms with van der Waals surface area (Å²) in [6.45, 7) is 0. The van der Waals surface area contributed by atoms with Crippen molar-refractivity contribution in [2.75, 3.05) is 0 Å². The van der Waals surface area contributed by atoms with Gasteiger partial charge in [-0.3, -0.25) is 9.97 Å². The van der Waals surface area contributed by atoms with Crippen LogP contribution in [0.5, 0.6) is 0 Å². The van der Waals surface area contributed by atoms with Crippen molar-refractivity contribution in [2.24, 2.45) is 5.73 Å². The lowest BCUT2D eigenvalue weighted by atomic mass is 9.97. The Labute approximate surface area is 117 Å². The van der Waals surface area contributed by atoms with E-state index >= 15 is 0 Å². The maximum absolute atomic E-state index is 5.84. The quantitative estimate of drug-likeness (QED) is 0.663. The molecule has 0 aliphatic heterocycles. The molecule has 0 aromatic carbocycles. The first kappa shape index (κ1) is 13.0. The van der Waals surface area contributed by atoms with Crippen LogP contribution in [0.25, 0.3) is 0 Å². The molecule has 0 bridgehead atoms. The molecule has 0 radical (unpaired) electrons. The highest BCUT2D eigenvalue weighted by Crippen LogP contribution is 2.31. The average Bonchev–Trinajstić information content (AvgIpc) is 2.40. The maximum Gasteiger partial charge on any atom is 0.110 e. The summed E-state index contributed by atoms with van der Waals surface area (Å²) in [4.78, 5) is 8.88. The van der Waals surface area contributed by atoms with Gasteiger partial charge in [0.2, 0.25) is 0 Å². The minimum Gasteiger partial charge on any atom is -0.392 e. The van der Waals surface area contributed by atoms with Gasteiger partial charge in [-0.05, 0) is 24.3 Å².